The van der Waals surface area contributed by atoms with Crippen molar-refractivity contribution in [3.05, 3.63) is 88.2 Å². The maximum atomic E-state index is 12.5. The molecule has 1 aromatic carbocycles. The van der Waals surface area contributed by atoms with Gasteiger partial charge < -0.3 is 11.1 Å². The highest BCUT2D eigenvalue weighted by molar-refractivity contribution is 6.31. The molecule has 0 atom stereocenters. The van der Waals surface area contributed by atoms with E-state index >= 15 is 0 Å². The first-order chi connectivity index (χ1) is 14.5. The van der Waals surface area contributed by atoms with Crippen LogP contribution in [0.25, 0.3) is 10.9 Å². The van der Waals surface area contributed by atoms with Crippen LogP contribution in [0.4, 0.5) is 5.82 Å². The van der Waals surface area contributed by atoms with Crippen molar-refractivity contribution in [3.63, 3.8) is 0 Å². The number of nitrogens with zero attached hydrogens (tertiary/aromatic N) is 4. The van der Waals surface area contributed by atoms with Crippen LogP contribution in [0.15, 0.2) is 54.9 Å². The zero-order chi connectivity index (χ0) is 21.1. The molecule has 0 aliphatic rings. The Labute approximate surface area is 178 Å². The number of fused-ring (bicyclic) bond motifs is 1. The fourth-order valence-corrected chi connectivity index (χ4v) is 3.29. The molecule has 3 aromatic heterocycles. The van der Waals surface area contributed by atoms with Gasteiger partial charge in [-0.25, -0.2) is 15.0 Å². The number of hydrogen-bond acceptors (Lipinski definition) is 6. The number of anilines is 1. The maximum Gasteiger partial charge on any atom is 0.270 e. The van der Waals surface area contributed by atoms with Crippen LogP contribution < -0.4 is 11.1 Å². The number of nitrogens with one attached hydrogen (secondary N) is 1. The molecular formula is C22H19ClN6O. The van der Waals surface area contributed by atoms with Crippen molar-refractivity contribution in [1.82, 2.24) is 25.3 Å². The van der Waals surface area contributed by atoms with Gasteiger partial charge in [-0.3, -0.25) is 9.78 Å². The molecule has 0 unspecified atom stereocenters. The van der Waals surface area contributed by atoms with Crippen molar-refractivity contribution in [1.29, 1.82) is 0 Å². The first-order valence-corrected chi connectivity index (χ1v) is 9.72. The first kappa shape index (κ1) is 19.7. The monoisotopic (exact) mass is 418 g/mol. The molecule has 0 saturated heterocycles. The number of benzene rings is 1. The van der Waals surface area contributed by atoms with Crippen molar-refractivity contribution in [2.45, 2.75) is 19.9 Å². The van der Waals surface area contributed by atoms with Crippen LogP contribution in [0.2, 0.25) is 5.02 Å². The molecule has 0 aliphatic heterocycles. The average molecular weight is 419 g/mol. The smallest absolute Gasteiger partial charge is 0.270 e. The number of rotatable bonds is 5. The minimum atomic E-state index is -0.274. The molecule has 150 valence electrons. The van der Waals surface area contributed by atoms with Gasteiger partial charge >= 0.3 is 0 Å². The van der Waals surface area contributed by atoms with E-state index in [0.29, 0.717) is 35.3 Å². The zero-order valence-corrected chi connectivity index (χ0v) is 17.0. The number of nitrogens with two attached hydrogens (primary N) is 1. The lowest BCUT2D eigenvalue weighted by molar-refractivity contribution is 0.0945. The summed E-state index contributed by atoms with van der Waals surface area (Å²) in [7, 11) is 0. The summed E-state index contributed by atoms with van der Waals surface area (Å²) in [6, 6.07) is 12.9. The zero-order valence-electron chi connectivity index (χ0n) is 16.3. The normalized spacial score (nSPS) is 10.9. The molecule has 4 aromatic rings. The van der Waals surface area contributed by atoms with Gasteiger partial charge in [0.1, 0.15) is 17.3 Å². The second kappa shape index (κ2) is 8.42. The van der Waals surface area contributed by atoms with Gasteiger partial charge in [0.2, 0.25) is 0 Å². The number of halogens is 1. The van der Waals surface area contributed by atoms with Crippen molar-refractivity contribution in [2.75, 3.05) is 5.73 Å². The van der Waals surface area contributed by atoms with Crippen molar-refractivity contribution < 1.29 is 4.79 Å². The van der Waals surface area contributed by atoms with Gasteiger partial charge in [0.15, 0.2) is 0 Å². The fraction of sp³-hybridized carbons (Fsp3) is 0.136. The number of pyridine rings is 2. The van der Waals surface area contributed by atoms with Gasteiger partial charge in [0.05, 0.1) is 10.5 Å². The van der Waals surface area contributed by atoms with Crippen molar-refractivity contribution in [3.8, 4) is 0 Å². The van der Waals surface area contributed by atoms with Crippen LogP contribution in [0.1, 0.15) is 33.1 Å². The van der Waals surface area contributed by atoms with Gasteiger partial charge in [0.25, 0.3) is 5.91 Å². The Balaban J connectivity index is 1.47. The molecule has 0 aliphatic carbocycles. The molecule has 30 heavy (non-hydrogen) atoms. The summed E-state index contributed by atoms with van der Waals surface area (Å²) in [4.78, 5) is 29.8. The summed E-state index contributed by atoms with van der Waals surface area (Å²) in [5.41, 5.74) is 9.53. The molecule has 0 fully saturated rings. The minimum absolute atomic E-state index is 0.274. The molecule has 0 bridgehead atoms. The number of amides is 1. The highest BCUT2D eigenvalue weighted by atomic mass is 35.5. The summed E-state index contributed by atoms with van der Waals surface area (Å²) in [6.45, 7) is 2.20. The number of aryl methyl sites for hydroxylation is 1. The molecule has 3 heterocycles. The minimum Gasteiger partial charge on any atom is -0.384 e. The molecule has 8 heteroatoms. The van der Waals surface area contributed by atoms with E-state index in [4.69, 9.17) is 17.3 Å². The number of carbonyl (C=O) groups excluding carboxylic acids is 1. The third kappa shape index (κ3) is 4.52. The molecule has 4 rings (SSSR count). The van der Waals surface area contributed by atoms with E-state index < -0.39 is 0 Å². The highest BCUT2D eigenvalue weighted by Crippen LogP contribution is 2.19. The standard InChI is InChI=1S/C22H19ClN6O/c1-13-15(3-5-20(24)28-13)11-27-22(30)19-6-7-25-21(29-19)9-14-2-4-18-16(8-14)10-17(23)12-26-18/h2-8,10,12H,9,11H2,1H3,(H2,24,28)(H,27,30). The summed E-state index contributed by atoms with van der Waals surface area (Å²) in [5, 5.41) is 4.39. The SMILES string of the molecule is Cc1nc(N)ccc1CNC(=O)c1ccnc(Cc2ccc3ncc(Cl)cc3c2)n1. The Morgan fingerprint density at radius 3 is 2.80 bits per heavy atom. The van der Waals surface area contributed by atoms with Crippen LogP contribution in [0.5, 0.6) is 0 Å². The first-order valence-electron chi connectivity index (χ1n) is 9.34. The van der Waals surface area contributed by atoms with Crippen LogP contribution in [0.3, 0.4) is 0 Å². The molecule has 0 spiro atoms. The van der Waals surface area contributed by atoms with Gasteiger partial charge in [-0.15, -0.1) is 0 Å². The third-order valence-electron chi connectivity index (χ3n) is 4.67. The van der Waals surface area contributed by atoms with E-state index in [1.165, 1.54) is 0 Å². The summed E-state index contributed by atoms with van der Waals surface area (Å²) >= 11 is 6.04. The number of nitrogen functional groups attached to an aromatic ring is 1. The fourth-order valence-electron chi connectivity index (χ4n) is 3.12. The average Bonchev–Trinajstić information content (AvgIpc) is 2.73. The van der Waals surface area contributed by atoms with E-state index in [2.05, 4.69) is 25.3 Å². The van der Waals surface area contributed by atoms with E-state index in [9.17, 15) is 4.79 Å². The second-order valence-electron chi connectivity index (χ2n) is 6.88. The van der Waals surface area contributed by atoms with Crippen LogP contribution >= 0.6 is 11.6 Å². The van der Waals surface area contributed by atoms with Gasteiger partial charge in [-0.05, 0) is 48.4 Å². The molecule has 0 saturated carbocycles. The number of carbonyl (C=O) groups is 1. The van der Waals surface area contributed by atoms with E-state index in [1.807, 2.05) is 37.3 Å². The van der Waals surface area contributed by atoms with Gasteiger partial charge in [-0.1, -0.05) is 23.7 Å². The highest BCUT2D eigenvalue weighted by Gasteiger charge is 2.11. The Morgan fingerprint density at radius 2 is 1.97 bits per heavy atom. The Bertz CT molecular complexity index is 1240. The quantitative estimate of drug-likeness (QED) is 0.513. The molecule has 1 amide bonds. The largest absolute Gasteiger partial charge is 0.384 e. The van der Waals surface area contributed by atoms with E-state index in [1.54, 1.807) is 24.5 Å². The topological polar surface area (TPSA) is 107 Å². The summed E-state index contributed by atoms with van der Waals surface area (Å²) in [6.07, 6.45) is 3.70. The molecular weight excluding hydrogens is 400 g/mol. The maximum absolute atomic E-state index is 12.5. The second-order valence-corrected chi connectivity index (χ2v) is 7.32. The number of aromatic nitrogens is 4. The predicted octanol–water partition coefficient (Wildman–Crippen LogP) is 3.48. The Morgan fingerprint density at radius 1 is 1.10 bits per heavy atom. The van der Waals surface area contributed by atoms with Crippen LogP contribution in [0, 0.1) is 6.92 Å². The van der Waals surface area contributed by atoms with Gasteiger partial charge in [-0.2, -0.15) is 0 Å². The molecule has 7 nitrogen and oxygen atoms in total. The Hall–Kier alpha value is -3.58. The molecule has 3 N–H and O–H groups in total. The predicted molar refractivity (Wildman–Crippen MR) is 116 cm³/mol. The Kier molecular flexibility index (Phi) is 5.54. The van der Waals surface area contributed by atoms with E-state index in [-0.39, 0.29) is 5.91 Å². The van der Waals surface area contributed by atoms with Crippen LogP contribution in [-0.2, 0) is 13.0 Å². The lowest BCUT2D eigenvalue weighted by Crippen LogP contribution is -2.25. The summed E-state index contributed by atoms with van der Waals surface area (Å²) < 4.78 is 0. The lowest BCUT2D eigenvalue weighted by atomic mass is 10.1. The third-order valence-corrected chi connectivity index (χ3v) is 4.88. The van der Waals surface area contributed by atoms with E-state index in [0.717, 1.165) is 27.7 Å². The van der Waals surface area contributed by atoms with Crippen molar-refractivity contribution in [2.24, 2.45) is 0 Å². The molecule has 0 radical (unpaired) electrons. The van der Waals surface area contributed by atoms with Crippen LogP contribution in [-0.4, -0.2) is 25.8 Å². The number of hydrogen-bond donors (Lipinski definition) is 2. The van der Waals surface area contributed by atoms with Crippen molar-refractivity contribution >= 4 is 34.2 Å². The van der Waals surface area contributed by atoms with Gasteiger partial charge in [0, 0.05) is 36.4 Å². The summed E-state index contributed by atoms with van der Waals surface area (Å²) in [5.74, 6) is 0.737. The lowest BCUT2D eigenvalue weighted by Gasteiger charge is -2.09.